The van der Waals surface area contributed by atoms with Gasteiger partial charge in [-0.3, -0.25) is 19.5 Å². The van der Waals surface area contributed by atoms with E-state index in [9.17, 15) is 14.4 Å². The zero-order valence-corrected chi connectivity index (χ0v) is 15.9. The summed E-state index contributed by atoms with van der Waals surface area (Å²) in [4.78, 5) is 44.7. The molecule has 7 atom stereocenters. The lowest BCUT2D eigenvalue weighted by molar-refractivity contribution is -0.152. The third kappa shape index (κ3) is 2.23. The third-order valence-electron chi connectivity index (χ3n) is 7.23. The van der Waals surface area contributed by atoms with Crippen LogP contribution in [0.5, 0.6) is 5.75 Å². The molecule has 1 aromatic carbocycles. The van der Waals surface area contributed by atoms with E-state index in [0.717, 1.165) is 16.7 Å². The monoisotopic (exact) mass is 388 g/mol. The standard InChI is InChI=1S/C23H20N2O4/c1-11(23(28)29-17-6-2-4-12-5-3-9-24-20(12)17)25-21(26)18-13-7-8-14(16-10-15(13)16)19(18)22(25)27/h2-9,11,13-16,18-19H,10H2,1H3/t11-,13-,14-,15-,16-,18-,19+/m1/s1. The van der Waals surface area contributed by atoms with Crippen LogP contribution in [0.25, 0.3) is 10.9 Å². The van der Waals surface area contributed by atoms with Crippen molar-refractivity contribution in [3.63, 3.8) is 0 Å². The number of hydrogen-bond acceptors (Lipinski definition) is 5. The lowest BCUT2D eigenvalue weighted by atomic mass is 9.63. The van der Waals surface area contributed by atoms with Gasteiger partial charge in [0.15, 0.2) is 5.75 Å². The zero-order valence-electron chi connectivity index (χ0n) is 15.9. The van der Waals surface area contributed by atoms with E-state index in [1.807, 2.05) is 18.2 Å². The third-order valence-corrected chi connectivity index (χ3v) is 7.23. The van der Waals surface area contributed by atoms with Crippen LogP contribution in [-0.4, -0.2) is 33.7 Å². The summed E-state index contributed by atoms with van der Waals surface area (Å²) in [7, 11) is 0. The highest BCUT2D eigenvalue weighted by molar-refractivity contribution is 6.09. The van der Waals surface area contributed by atoms with Crippen LogP contribution >= 0.6 is 0 Å². The first kappa shape index (κ1) is 16.9. The minimum absolute atomic E-state index is 0.141. The fraction of sp³-hybridized carbons (Fsp3) is 0.391. The lowest BCUT2D eigenvalue weighted by Crippen LogP contribution is -2.45. The maximum Gasteiger partial charge on any atom is 0.334 e. The van der Waals surface area contributed by atoms with Crippen molar-refractivity contribution in [1.82, 2.24) is 9.88 Å². The first-order valence-electron chi connectivity index (χ1n) is 10.2. The molecule has 0 spiro atoms. The molecule has 29 heavy (non-hydrogen) atoms. The number of carbonyl (C=O) groups is 3. The Hall–Kier alpha value is -3.02. The van der Waals surface area contributed by atoms with Crippen molar-refractivity contribution < 1.29 is 19.1 Å². The van der Waals surface area contributed by atoms with Gasteiger partial charge in [0.2, 0.25) is 11.8 Å². The van der Waals surface area contributed by atoms with Gasteiger partial charge in [0.1, 0.15) is 11.6 Å². The number of benzene rings is 1. The van der Waals surface area contributed by atoms with Crippen molar-refractivity contribution in [3.8, 4) is 5.75 Å². The molecule has 0 radical (unpaired) electrons. The quantitative estimate of drug-likeness (QED) is 0.350. The number of likely N-dealkylation sites (tertiary alicyclic amines) is 1. The Morgan fingerprint density at radius 1 is 1.07 bits per heavy atom. The lowest BCUT2D eigenvalue weighted by Gasteiger charge is -2.37. The second kappa shape index (κ2) is 5.75. The molecule has 2 amide bonds. The average molecular weight is 388 g/mol. The van der Waals surface area contributed by atoms with Crippen molar-refractivity contribution in [2.24, 2.45) is 35.5 Å². The molecule has 2 aromatic rings. The van der Waals surface area contributed by atoms with Gasteiger partial charge in [-0.2, -0.15) is 0 Å². The van der Waals surface area contributed by atoms with E-state index in [-0.39, 0.29) is 35.5 Å². The van der Waals surface area contributed by atoms with Crippen LogP contribution in [0, 0.1) is 35.5 Å². The number of imide groups is 1. The molecule has 0 unspecified atom stereocenters. The molecule has 7 rings (SSSR count). The van der Waals surface area contributed by atoms with Gasteiger partial charge in [0.25, 0.3) is 0 Å². The predicted octanol–water partition coefficient (Wildman–Crippen LogP) is 2.58. The van der Waals surface area contributed by atoms with Gasteiger partial charge < -0.3 is 4.74 Å². The smallest absolute Gasteiger partial charge is 0.334 e. The highest BCUT2D eigenvalue weighted by Crippen LogP contribution is 2.65. The Labute approximate surface area is 167 Å². The van der Waals surface area contributed by atoms with Crippen molar-refractivity contribution in [3.05, 3.63) is 48.7 Å². The Kier molecular flexibility index (Phi) is 3.35. The van der Waals surface area contributed by atoms with E-state index >= 15 is 0 Å². The number of rotatable bonds is 3. The molecule has 3 fully saturated rings. The molecule has 146 valence electrons. The van der Waals surface area contributed by atoms with E-state index in [1.54, 1.807) is 25.3 Å². The van der Waals surface area contributed by atoms with Gasteiger partial charge in [-0.05, 0) is 49.1 Å². The fourth-order valence-corrected chi connectivity index (χ4v) is 5.82. The zero-order chi connectivity index (χ0) is 19.9. The summed E-state index contributed by atoms with van der Waals surface area (Å²) in [6.45, 7) is 1.57. The number of hydrogen-bond donors (Lipinski definition) is 0. The molecule has 6 heteroatoms. The van der Waals surface area contributed by atoms with E-state index in [1.165, 1.54) is 0 Å². The Balaban J connectivity index is 1.27. The summed E-state index contributed by atoms with van der Waals surface area (Å²) in [6.07, 6.45) is 7.00. The van der Waals surface area contributed by atoms with Crippen LogP contribution in [0.3, 0.4) is 0 Å². The largest absolute Gasteiger partial charge is 0.423 e. The van der Waals surface area contributed by atoms with Gasteiger partial charge >= 0.3 is 5.97 Å². The number of ether oxygens (including phenoxy) is 1. The number of fused-ring (bicyclic) bond motifs is 1. The molecule has 2 bridgehead atoms. The number of carbonyl (C=O) groups excluding carboxylic acids is 3. The van der Waals surface area contributed by atoms with Crippen LogP contribution < -0.4 is 4.74 Å². The van der Waals surface area contributed by atoms with E-state index in [0.29, 0.717) is 23.1 Å². The van der Waals surface area contributed by atoms with Gasteiger partial charge in [0.05, 0.1) is 11.8 Å². The summed E-state index contributed by atoms with van der Waals surface area (Å²) in [5.41, 5.74) is 0.575. The summed E-state index contributed by atoms with van der Waals surface area (Å²) < 4.78 is 5.59. The van der Waals surface area contributed by atoms with E-state index in [4.69, 9.17) is 4.74 Å². The van der Waals surface area contributed by atoms with E-state index < -0.39 is 12.0 Å². The number of para-hydroxylation sites is 1. The van der Waals surface area contributed by atoms with Crippen molar-refractivity contribution >= 4 is 28.7 Å². The Morgan fingerprint density at radius 3 is 2.41 bits per heavy atom. The SMILES string of the molecule is C[C@H](C(=O)Oc1cccc2cccnc12)N1C(=O)[C@@H]2[C@@H]3C=C[C@H]([C@H]4C[C@H]34)[C@@H]2C1=O. The Morgan fingerprint density at radius 2 is 1.72 bits per heavy atom. The molecule has 4 aliphatic carbocycles. The number of nitrogens with zero attached hydrogens (tertiary/aromatic N) is 2. The van der Waals surface area contributed by atoms with Crippen LogP contribution in [0.4, 0.5) is 0 Å². The van der Waals surface area contributed by atoms with Gasteiger partial charge in [-0.15, -0.1) is 0 Å². The molecule has 1 aliphatic heterocycles. The summed E-state index contributed by atoms with van der Waals surface area (Å²) in [5, 5.41) is 0.853. The minimum atomic E-state index is -0.963. The maximum absolute atomic E-state index is 13.2. The van der Waals surface area contributed by atoms with Crippen molar-refractivity contribution in [2.45, 2.75) is 19.4 Å². The molecular weight excluding hydrogens is 368 g/mol. The Bertz CT molecular complexity index is 1070. The number of amides is 2. The average Bonchev–Trinajstić information content (AvgIpc) is 3.51. The molecule has 2 heterocycles. The van der Waals surface area contributed by atoms with E-state index in [2.05, 4.69) is 17.1 Å². The number of esters is 1. The highest BCUT2D eigenvalue weighted by atomic mass is 16.5. The van der Waals surface area contributed by atoms with Crippen LogP contribution in [-0.2, 0) is 14.4 Å². The fourth-order valence-electron chi connectivity index (χ4n) is 5.82. The summed E-state index contributed by atoms with van der Waals surface area (Å²) in [6, 6.07) is 8.08. The molecule has 1 aromatic heterocycles. The minimum Gasteiger partial charge on any atom is -0.423 e. The molecular formula is C23H20N2O4. The predicted molar refractivity (Wildman–Crippen MR) is 103 cm³/mol. The summed E-state index contributed by atoms with van der Waals surface area (Å²) >= 11 is 0. The molecule has 1 saturated heterocycles. The first-order chi connectivity index (χ1) is 14.1. The summed E-state index contributed by atoms with van der Waals surface area (Å²) in [5.74, 6) is 0.0121. The number of aromatic nitrogens is 1. The van der Waals surface area contributed by atoms with Crippen LogP contribution in [0.2, 0.25) is 0 Å². The van der Waals surface area contributed by atoms with Crippen LogP contribution in [0.1, 0.15) is 13.3 Å². The van der Waals surface area contributed by atoms with Gasteiger partial charge in [-0.1, -0.05) is 30.4 Å². The maximum atomic E-state index is 13.2. The molecule has 2 saturated carbocycles. The number of allylic oxidation sites excluding steroid dienone is 2. The van der Waals surface area contributed by atoms with Crippen LogP contribution in [0.15, 0.2) is 48.7 Å². The molecule has 0 N–H and O–H groups in total. The van der Waals surface area contributed by atoms with Crippen molar-refractivity contribution in [2.75, 3.05) is 0 Å². The normalized spacial score (nSPS) is 34.9. The van der Waals surface area contributed by atoms with Gasteiger partial charge in [-0.25, -0.2) is 4.79 Å². The molecule has 6 nitrogen and oxygen atoms in total. The van der Waals surface area contributed by atoms with Gasteiger partial charge in [0, 0.05) is 11.6 Å². The van der Waals surface area contributed by atoms with Crippen molar-refractivity contribution in [1.29, 1.82) is 0 Å². The second-order valence-electron chi connectivity index (χ2n) is 8.63. The second-order valence-corrected chi connectivity index (χ2v) is 8.63. The number of pyridine rings is 1. The highest BCUT2D eigenvalue weighted by Gasteiger charge is 2.67. The molecule has 5 aliphatic rings. The topological polar surface area (TPSA) is 76.6 Å². The first-order valence-corrected chi connectivity index (χ1v) is 10.2.